The number of para-hydroxylation sites is 2. The van der Waals surface area contributed by atoms with Crippen molar-refractivity contribution in [3.8, 4) is 11.5 Å². The summed E-state index contributed by atoms with van der Waals surface area (Å²) >= 11 is 0. The lowest BCUT2D eigenvalue weighted by Crippen LogP contribution is -2.04. The van der Waals surface area contributed by atoms with Crippen LogP contribution in [0.15, 0.2) is 71.1 Å². The lowest BCUT2D eigenvalue weighted by Gasteiger charge is -2.07. The van der Waals surface area contributed by atoms with Gasteiger partial charge in [0.25, 0.3) is 0 Å². The lowest BCUT2D eigenvalue weighted by molar-refractivity contribution is 0.103. The molecule has 1 heterocycles. The highest BCUT2D eigenvalue weighted by atomic mass is 16.3. The Balaban J connectivity index is 1.85. The summed E-state index contributed by atoms with van der Waals surface area (Å²) in [5.41, 5.74) is 5.63. The molecular formula is C22H17NO2. The Morgan fingerprint density at radius 2 is 1.56 bits per heavy atom. The van der Waals surface area contributed by atoms with Gasteiger partial charge in [-0.25, -0.2) is 4.98 Å². The summed E-state index contributed by atoms with van der Waals surface area (Å²) in [6, 6.07) is 20.9. The van der Waals surface area contributed by atoms with Crippen LogP contribution < -0.4 is 0 Å². The van der Waals surface area contributed by atoms with Crippen LogP contribution in [0.5, 0.6) is 0 Å². The van der Waals surface area contributed by atoms with Gasteiger partial charge in [0, 0.05) is 16.7 Å². The molecule has 0 aliphatic rings. The molecule has 3 nitrogen and oxygen atoms in total. The molecular weight excluding hydrogens is 310 g/mol. The fraction of sp³-hybridized carbons (Fsp3) is 0.0909. The number of hydrogen-bond donors (Lipinski definition) is 0. The fourth-order valence-electron chi connectivity index (χ4n) is 3.12. The molecule has 3 aromatic carbocycles. The minimum Gasteiger partial charge on any atom is -0.436 e. The van der Waals surface area contributed by atoms with E-state index < -0.39 is 0 Å². The van der Waals surface area contributed by atoms with Crippen LogP contribution in [0.4, 0.5) is 0 Å². The topological polar surface area (TPSA) is 43.1 Å². The Morgan fingerprint density at radius 3 is 2.32 bits per heavy atom. The largest absolute Gasteiger partial charge is 0.436 e. The van der Waals surface area contributed by atoms with Crippen LogP contribution >= 0.6 is 0 Å². The van der Waals surface area contributed by atoms with E-state index in [0.717, 1.165) is 16.6 Å². The zero-order chi connectivity index (χ0) is 17.4. The van der Waals surface area contributed by atoms with E-state index in [-0.39, 0.29) is 5.78 Å². The maximum atomic E-state index is 13.1. The van der Waals surface area contributed by atoms with Crippen molar-refractivity contribution < 1.29 is 9.21 Å². The van der Waals surface area contributed by atoms with E-state index in [1.54, 1.807) is 0 Å². The molecule has 25 heavy (non-hydrogen) atoms. The molecule has 122 valence electrons. The van der Waals surface area contributed by atoms with Crippen molar-refractivity contribution in [2.75, 3.05) is 0 Å². The van der Waals surface area contributed by atoms with E-state index >= 15 is 0 Å². The van der Waals surface area contributed by atoms with E-state index in [4.69, 9.17) is 4.42 Å². The number of benzene rings is 3. The van der Waals surface area contributed by atoms with Gasteiger partial charge < -0.3 is 4.42 Å². The molecule has 0 saturated heterocycles. The number of carbonyl (C=O) groups is 1. The van der Waals surface area contributed by atoms with Crippen LogP contribution in [0.25, 0.3) is 22.6 Å². The standard InChI is InChI=1S/C22H17NO2/c1-14-11-15(2)13-16(12-14)21(24)17-7-3-4-8-18(17)22-23-19-9-5-6-10-20(19)25-22/h3-13H,1-2H3. The van der Waals surface area contributed by atoms with Crippen LogP contribution in [0.1, 0.15) is 27.0 Å². The van der Waals surface area contributed by atoms with Gasteiger partial charge >= 0.3 is 0 Å². The van der Waals surface area contributed by atoms with Gasteiger partial charge in [-0.15, -0.1) is 0 Å². The number of nitrogens with zero attached hydrogens (tertiary/aromatic N) is 1. The molecule has 0 bridgehead atoms. The van der Waals surface area contributed by atoms with Crippen molar-refractivity contribution in [1.29, 1.82) is 0 Å². The van der Waals surface area contributed by atoms with Crippen molar-refractivity contribution >= 4 is 16.9 Å². The number of ketones is 1. The Morgan fingerprint density at radius 1 is 0.880 bits per heavy atom. The Kier molecular flexibility index (Phi) is 3.69. The molecule has 0 amide bonds. The molecule has 0 unspecified atom stereocenters. The van der Waals surface area contributed by atoms with Crippen LogP contribution in [0.2, 0.25) is 0 Å². The minimum absolute atomic E-state index is 0.0235. The highest BCUT2D eigenvalue weighted by molar-refractivity contribution is 6.12. The van der Waals surface area contributed by atoms with Gasteiger partial charge in [-0.05, 0) is 44.2 Å². The fourth-order valence-corrected chi connectivity index (χ4v) is 3.12. The molecule has 0 saturated carbocycles. The molecule has 0 radical (unpaired) electrons. The third-order valence-electron chi connectivity index (χ3n) is 4.18. The molecule has 0 fully saturated rings. The second kappa shape index (κ2) is 6.02. The van der Waals surface area contributed by atoms with Gasteiger partial charge in [-0.2, -0.15) is 0 Å². The summed E-state index contributed by atoms with van der Waals surface area (Å²) in [7, 11) is 0. The number of carbonyl (C=O) groups excluding carboxylic acids is 1. The third kappa shape index (κ3) is 2.85. The predicted octanol–water partition coefficient (Wildman–Crippen LogP) is 5.34. The molecule has 1 aromatic heterocycles. The molecule has 0 spiro atoms. The monoisotopic (exact) mass is 327 g/mol. The first-order valence-corrected chi connectivity index (χ1v) is 8.20. The number of aryl methyl sites for hydroxylation is 2. The molecule has 0 aliphatic carbocycles. The van der Waals surface area contributed by atoms with E-state index in [1.165, 1.54) is 0 Å². The number of hydrogen-bond acceptors (Lipinski definition) is 3. The maximum Gasteiger partial charge on any atom is 0.228 e. The first kappa shape index (κ1) is 15.3. The number of aromatic nitrogens is 1. The Hall–Kier alpha value is -3.20. The Labute approximate surface area is 145 Å². The van der Waals surface area contributed by atoms with Crippen molar-refractivity contribution in [2.24, 2.45) is 0 Å². The SMILES string of the molecule is Cc1cc(C)cc(C(=O)c2ccccc2-c2nc3ccccc3o2)c1. The van der Waals surface area contributed by atoms with Gasteiger partial charge in [-0.3, -0.25) is 4.79 Å². The average molecular weight is 327 g/mol. The first-order valence-electron chi connectivity index (χ1n) is 8.20. The summed E-state index contributed by atoms with van der Waals surface area (Å²) in [5, 5.41) is 0. The quantitative estimate of drug-likeness (QED) is 0.477. The minimum atomic E-state index is -0.0235. The number of rotatable bonds is 3. The molecule has 0 N–H and O–H groups in total. The van der Waals surface area contributed by atoms with E-state index in [2.05, 4.69) is 11.1 Å². The predicted molar refractivity (Wildman–Crippen MR) is 98.8 cm³/mol. The maximum absolute atomic E-state index is 13.1. The molecule has 3 heteroatoms. The van der Waals surface area contributed by atoms with Crippen LogP contribution in [-0.4, -0.2) is 10.8 Å². The third-order valence-corrected chi connectivity index (χ3v) is 4.18. The molecule has 4 aromatic rings. The van der Waals surface area contributed by atoms with E-state index in [1.807, 2.05) is 74.5 Å². The smallest absolute Gasteiger partial charge is 0.228 e. The lowest BCUT2D eigenvalue weighted by atomic mass is 9.96. The molecule has 4 rings (SSSR count). The van der Waals surface area contributed by atoms with E-state index in [0.29, 0.717) is 28.2 Å². The number of oxazole rings is 1. The second-order valence-corrected chi connectivity index (χ2v) is 6.24. The van der Waals surface area contributed by atoms with Crippen molar-refractivity contribution in [3.05, 3.63) is 89.0 Å². The molecule has 0 atom stereocenters. The average Bonchev–Trinajstić information content (AvgIpc) is 3.04. The zero-order valence-electron chi connectivity index (χ0n) is 14.1. The summed E-state index contributed by atoms with van der Waals surface area (Å²) in [5.74, 6) is 0.444. The van der Waals surface area contributed by atoms with Gasteiger partial charge in [0.15, 0.2) is 11.4 Å². The van der Waals surface area contributed by atoms with Gasteiger partial charge in [-0.1, -0.05) is 47.5 Å². The zero-order valence-corrected chi connectivity index (χ0v) is 14.1. The van der Waals surface area contributed by atoms with Gasteiger partial charge in [0.1, 0.15) is 5.52 Å². The highest BCUT2D eigenvalue weighted by Gasteiger charge is 2.18. The Bertz CT molecular complexity index is 1040. The summed E-state index contributed by atoms with van der Waals surface area (Å²) in [6.07, 6.45) is 0. The number of fused-ring (bicyclic) bond motifs is 1. The van der Waals surface area contributed by atoms with Crippen molar-refractivity contribution in [2.45, 2.75) is 13.8 Å². The molecule has 0 aliphatic heterocycles. The second-order valence-electron chi connectivity index (χ2n) is 6.24. The van der Waals surface area contributed by atoms with Crippen molar-refractivity contribution in [3.63, 3.8) is 0 Å². The van der Waals surface area contributed by atoms with Crippen LogP contribution in [-0.2, 0) is 0 Å². The van der Waals surface area contributed by atoms with Gasteiger partial charge in [0.2, 0.25) is 5.89 Å². The first-order chi connectivity index (χ1) is 12.1. The van der Waals surface area contributed by atoms with Crippen LogP contribution in [0.3, 0.4) is 0 Å². The van der Waals surface area contributed by atoms with E-state index in [9.17, 15) is 4.79 Å². The highest BCUT2D eigenvalue weighted by Crippen LogP contribution is 2.28. The normalized spacial score (nSPS) is 11.0. The van der Waals surface area contributed by atoms with Crippen LogP contribution in [0, 0.1) is 13.8 Å². The van der Waals surface area contributed by atoms with Crippen molar-refractivity contribution in [1.82, 2.24) is 4.98 Å². The summed E-state index contributed by atoms with van der Waals surface area (Å²) in [6.45, 7) is 3.99. The summed E-state index contributed by atoms with van der Waals surface area (Å²) in [4.78, 5) is 17.6. The summed E-state index contributed by atoms with van der Waals surface area (Å²) < 4.78 is 5.86. The van der Waals surface area contributed by atoms with Gasteiger partial charge in [0.05, 0.1) is 0 Å².